The zero-order valence-electron chi connectivity index (χ0n) is 10.9. The third-order valence-corrected chi connectivity index (χ3v) is 3.66. The summed E-state index contributed by atoms with van der Waals surface area (Å²) in [4.78, 5) is 4.21. The quantitative estimate of drug-likeness (QED) is 0.739. The average molecular weight is 292 g/mol. The van der Waals surface area contributed by atoms with Crippen molar-refractivity contribution >= 4 is 21.4 Å². The van der Waals surface area contributed by atoms with Crippen LogP contribution < -0.4 is 16.2 Å². The number of nitrogens with zero attached hydrogens (tertiary/aromatic N) is 1. The highest BCUT2D eigenvalue weighted by Gasteiger charge is 2.12. The van der Waals surface area contributed by atoms with Crippen LogP contribution in [-0.4, -0.2) is 13.4 Å². The largest absolute Gasteiger partial charge is 0.399 e. The van der Waals surface area contributed by atoms with Gasteiger partial charge in [-0.05, 0) is 37.3 Å². The van der Waals surface area contributed by atoms with Gasteiger partial charge in [0.25, 0.3) is 0 Å². The molecule has 5 N–H and O–H groups in total. The van der Waals surface area contributed by atoms with Crippen molar-refractivity contribution in [3.63, 3.8) is 0 Å². The molecule has 1 atom stereocenters. The lowest BCUT2D eigenvalue weighted by atomic mass is 10.2. The van der Waals surface area contributed by atoms with Crippen molar-refractivity contribution in [3.05, 3.63) is 48.3 Å². The third-order valence-electron chi connectivity index (χ3n) is 2.77. The molecular weight excluding hydrogens is 276 g/mol. The van der Waals surface area contributed by atoms with Crippen LogP contribution >= 0.6 is 0 Å². The van der Waals surface area contributed by atoms with Gasteiger partial charge in [0.05, 0.1) is 16.6 Å². The van der Waals surface area contributed by atoms with Gasteiger partial charge in [-0.1, -0.05) is 6.07 Å². The lowest BCUT2D eigenvalue weighted by Gasteiger charge is -2.15. The minimum Gasteiger partial charge on any atom is -0.399 e. The molecule has 0 amide bonds. The number of nitrogen functional groups attached to an aromatic ring is 1. The molecule has 1 aromatic carbocycles. The van der Waals surface area contributed by atoms with E-state index in [1.807, 2.05) is 25.1 Å². The van der Waals surface area contributed by atoms with Gasteiger partial charge in [0.2, 0.25) is 10.0 Å². The standard InChI is InChI=1S/C13H16N4O2S/c1-9(13-4-2-3-5-16-13)17-11-6-10(14)7-12(8-11)20(15,18)19/h2-9,17H,14H2,1H3,(H2,15,18,19). The van der Waals surface area contributed by atoms with Crippen molar-refractivity contribution in [3.8, 4) is 0 Å². The van der Waals surface area contributed by atoms with Crippen molar-refractivity contribution in [1.82, 2.24) is 4.98 Å². The van der Waals surface area contributed by atoms with Crippen LogP contribution in [0.4, 0.5) is 11.4 Å². The number of primary sulfonamides is 1. The minimum absolute atomic E-state index is 0.0202. The van der Waals surface area contributed by atoms with Crippen molar-refractivity contribution in [2.45, 2.75) is 17.9 Å². The highest BCUT2D eigenvalue weighted by atomic mass is 32.2. The molecule has 0 aliphatic rings. The topological polar surface area (TPSA) is 111 Å². The first kappa shape index (κ1) is 14.3. The van der Waals surface area contributed by atoms with Crippen LogP contribution in [0.15, 0.2) is 47.5 Å². The monoisotopic (exact) mass is 292 g/mol. The molecule has 0 spiro atoms. The number of benzene rings is 1. The van der Waals surface area contributed by atoms with Gasteiger partial charge in [0.15, 0.2) is 0 Å². The Morgan fingerprint density at radius 2 is 2.00 bits per heavy atom. The fraction of sp³-hybridized carbons (Fsp3) is 0.154. The first-order valence-corrected chi connectivity index (χ1v) is 7.52. The Balaban J connectivity index is 2.28. The number of rotatable bonds is 4. The fourth-order valence-corrected chi connectivity index (χ4v) is 2.42. The molecule has 0 aliphatic carbocycles. The molecule has 1 aromatic heterocycles. The van der Waals surface area contributed by atoms with E-state index in [1.165, 1.54) is 12.1 Å². The molecule has 0 saturated carbocycles. The second kappa shape index (κ2) is 5.48. The molecule has 2 aromatic rings. The molecule has 0 fully saturated rings. The fourth-order valence-electron chi connectivity index (χ4n) is 1.83. The van der Waals surface area contributed by atoms with E-state index in [0.29, 0.717) is 11.4 Å². The smallest absolute Gasteiger partial charge is 0.238 e. The summed E-state index contributed by atoms with van der Waals surface area (Å²) in [5.41, 5.74) is 7.44. The van der Waals surface area contributed by atoms with Crippen LogP contribution in [0.3, 0.4) is 0 Å². The van der Waals surface area contributed by atoms with Gasteiger partial charge in [-0.2, -0.15) is 0 Å². The summed E-state index contributed by atoms with van der Waals surface area (Å²) in [5.74, 6) is 0. The Hall–Kier alpha value is -2.12. The maximum Gasteiger partial charge on any atom is 0.238 e. The molecule has 0 saturated heterocycles. The Morgan fingerprint density at radius 1 is 1.25 bits per heavy atom. The number of hydrogen-bond donors (Lipinski definition) is 3. The van der Waals surface area contributed by atoms with Gasteiger partial charge in [-0.25, -0.2) is 13.6 Å². The van der Waals surface area contributed by atoms with E-state index < -0.39 is 10.0 Å². The van der Waals surface area contributed by atoms with E-state index in [-0.39, 0.29) is 10.9 Å². The van der Waals surface area contributed by atoms with E-state index in [4.69, 9.17) is 10.9 Å². The number of anilines is 2. The molecule has 7 heteroatoms. The average Bonchev–Trinajstić information content (AvgIpc) is 2.38. The molecule has 106 valence electrons. The van der Waals surface area contributed by atoms with Gasteiger partial charge in [0, 0.05) is 17.6 Å². The van der Waals surface area contributed by atoms with Crippen LogP contribution in [0.25, 0.3) is 0 Å². The van der Waals surface area contributed by atoms with E-state index in [1.54, 1.807) is 12.3 Å². The summed E-state index contributed by atoms with van der Waals surface area (Å²) < 4.78 is 22.8. The third kappa shape index (κ3) is 3.46. The Bertz CT molecular complexity index is 702. The zero-order valence-corrected chi connectivity index (χ0v) is 11.8. The molecule has 0 aliphatic heterocycles. The highest BCUT2D eigenvalue weighted by molar-refractivity contribution is 7.89. The summed E-state index contributed by atoms with van der Waals surface area (Å²) in [6.45, 7) is 1.92. The van der Waals surface area contributed by atoms with E-state index >= 15 is 0 Å². The molecule has 1 heterocycles. The summed E-state index contributed by atoms with van der Waals surface area (Å²) in [6.07, 6.45) is 1.70. The first-order valence-electron chi connectivity index (χ1n) is 5.97. The van der Waals surface area contributed by atoms with Crippen LogP contribution in [0.2, 0.25) is 0 Å². The zero-order chi connectivity index (χ0) is 14.8. The molecule has 0 bridgehead atoms. The molecule has 0 radical (unpaired) electrons. The van der Waals surface area contributed by atoms with Gasteiger partial charge >= 0.3 is 0 Å². The normalized spacial score (nSPS) is 12.9. The second-order valence-corrected chi connectivity index (χ2v) is 6.02. The van der Waals surface area contributed by atoms with Crippen LogP contribution in [0.1, 0.15) is 18.7 Å². The highest BCUT2D eigenvalue weighted by Crippen LogP contribution is 2.23. The number of nitrogens with one attached hydrogen (secondary N) is 1. The van der Waals surface area contributed by atoms with E-state index in [0.717, 1.165) is 5.69 Å². The van der Waals surface area contributed by atoms with Crippen molar-refractivity contribution in [1.29, 1.82) is 0 Å². The number of sulfonamides is 1. The number of nitrogens with two attached hydrogens (primary N) is 2. The summed E-state index contributed by atoms with van der Waals surface area (Å²) in [5, 5.41) is 8.26. The van der Waals surface area contributed by atoms with Gasteiger partial charge < -0.3 is 11.1 Å². The molecule has 1 unspecified atom stereocenters. The predicted octanol–water partition coefficient (Wildman–Crippen LogP) is 1.48. The Labute approximate surface area is 117 Å². The SMILES string of the molecule is CC(Nc1cc(N)cc(S(N)(=O)=O)c1)c1ccccn1. The maximum atomic E-state index is 11.4. The van der Waals surface area contributed by atoms with Crippen molar-refractivity contribution < 1.29 is 8.42 Å². The van der Waals surface area contributed by atoms with Crippen molar-refractivity contribution in [2.24, 2.45) is 5.14 Å². The lowest BCUT2D eigenvalue weighted by Crippen LogP contribution is -2.14. The molecule has 20 heavy (non-hydrogen) atoms. The molecule has 2 rings (SSSR count). The number of aromatic nitrogens is 1. The number of hydrogen-bond acceptors (Lipinski definition) is 5. The van der Waals surface area contributed by atoms with Crippen LogP contribution in [-0.2, 0) is 10.0 Å². The van der Waals surface area contributed by atoms with Crippen LogP contribution in [0, 0.1) is 0 Å². The maximum absolute atomic E-state index is 11.4. The van der Waals surface area contributed by atoms with Crippen LogP contribution in [0.5, 0.6) is 0 Å². The summed E-state index contributed by atoms with van der Waals surface area (Å²) in [6, 6.07) is 9.92. The number of pyridine rings is 1. The summed E-state index contributed by atoms with van der Waals surface area (Å²) in [7, 11) is -3.78. The van der Waals surface area contributed by atoms with Crippen molar-refractivity contribution in [2.75, 3.05) is 11.1 Å². The predicted molar refractivity (Wildman–Crippen MR) is 78.5 cm³/mol. The Morgan fingerprint density at radius 3 is 2.60 bits per heavy atom. The summed E-state index contributed by atoms with van der Waals surface area (Å²) >= 11 is 0. The van der Waals surface area contributed by atoms with Gasteiger partial charge in [-0.3, -0.25) is 4.98 Å². The van der Waals surface area contributed by atoms with E-state index in [2.05, 4.69) is 10.3 Å². The van der Waals surface area contributed by atoms with E-state index in [9.17, 15) is 8.42 Å². The minimum atomic E-state index is -3.78. The Kier molecular flexibility index (Phi) is 3.91. The first-order chi connectivity index (χ1) is 9.36. The lowest BCUT2D eigenvalue weighted by molar-refractivity contribution is 0.598. The second-order valence-electron chi connectivity index (χ2n) is 4.46. The molecular formula is C13H16N4O2S. The molecule has 6 nitrogen and oxygen atoms in total. The van der Waals surface area contributed by atoms with Gasteiger partial charge in [0.1, 0.15) is 0 Å². The van der Waals surface area contributed by atoms with Gasteiger partial charge in [-0.15, -0.1) is 0 Å².